The van der Waals surface area contributed by atoms with E-state index >= 15 is 0 Å². The predicted molar refractivity (Wildman–Crippen MR) is 128 cm³/mol. The Morgan fingerprint density at radius 3 is 2.47 bits per heavy atom. The fraction of sp³-hybridized carbons (Fsp3) is 0.391. The molecule has 3 aromatic rings. The Kier molecular flexibility index (Phi) is 7.33. The molecule has 2 aromatic carbocycles. The van der Waals surface area contributed by atoms with Crippen LogP contribution in [0.25, 0.3) is 11.0 Å². The zero-order valence-electron chi connectivity index (χ0n) is 19.3. The Hall–Kier alpha value is -2.75. The number of carbonyl (C=O) groups is 1. The van der Waals surface area contributed by atoms with Crippen LogP contribution in [0.15, 0.2) is 41.3 Å². The highest BCUT2D eigenvalue weighted by atomic mass is 32.2. The van der Waals surface area contributed by atoms with Crippen LogP contribution in [-0.2, 0) is 16.6 Å². The molecule has 0 spiro atoms. The quantitative estimate of drug-likeness (QED) is 0.515. The van der Waals surface area contributed by atoms with E-state index in [1.807, 2.05) is 28.8 Å². The first-order chi connectivity index (χ1) is 15.2. The van der Waals surface area contributed by atoms with Crippen LogP contribution in [0.4, 0.5) is 5.95 Å². The molecule has 0 unspecified atom stereocenters. The third-order valence-electron chi connectivity index (χ3n) is 5.85. The van der Waals surface area contributed by atoms with Crippen molar-refractivity contribution in [1.29, 1.82) is 0 Å². The summed E-state index contributed by atoms with van der Waals surface area (Å²) in [6.45, 7) is 11.1. The minimum atomic E-state index is -3.69. The number of sulfonamides is 1. The van der Waals surface area contributed by atoms with E-state index in [-0.39, 0.29) is 10.5 Å². The van der Waals surface area contributed by atoms with E-state index in [4.69, 9.17) is 0 Å². The van der Waals surface area contributed by atoms with Crippen LogP contribution < -0.4 is 10.0 Å². The molecule has 0 bridgehead atoms. The van der Waals surface area contributed by atoms with Gasteiger partial charge in [-0.25, -0.2) is 18.1 Å². The average Bonchev–Trinajstić information content (AvgIpc) is 3.13. The topological polar surface area (TPSA) is 96.3 Å². The van der Waals surface area contributed by atoms with Crippen LogP contribution in [0.3, 0.4) is 0 Å². The summed E-state index contributed by atoms with van der Waals surface area (Å²) in [4.78, 5) is 20.2. The number of carbonyl (C=O) groups excluding carboxylic acids is 1. The normalized spacial score (nSPS) is 11.9. The van der Waals surface area contributed by atoms with Gasteiger partial charge in [0.25, 0.3) is 5.91 Å². The summed E-state index contributed by atoms with van der Waals surface area (Å²) in [5, 5.41) is 2.90. The number of fused-ring (bicyclic) bond motifs is 1. The lowest BCUT2D eigenvalue weighted by Crippen LogP contribution is -2.28. The number of amides is 1. The van der Waals surface area contributed by atoms with Crippen LogP contribution >= 0.6 is 0 Å². The molecule has 2 N–H and O–H groups in total. The van der Waals surface area contributed by atoms with Gasteiger partial charge in [0.15, 0.2) is 0 Å². The molecule has 0 aliphatic rings. The summed E-state index contributed by atoms with van der Waals surface area (Å²) >= 11 is 0. The maximum atomic E-state index is 13.1. The van der Waals surface area contributed by atoms with Gasteiger partial charge < -0.3 is 9.47 Å². The number of nitrogens with zero attached hydrogens (tertiary/aromatic N) is 3. The van der Waals surface area contributed by atoms with Gasteiger partial charge in [0.05, 0.1) is 15.9 Å². The van der Waals surface area contributed by atoms with Crippen LogP contribution in [0.5, 0.6) is 0 Å². The van der Waals surface area contributed by atoms with Gasteiger partial charge in [0.2, 0.25) is 16.0 Å². The highest BCUT2D eigenvalue weighted by molar-refractivity contribution is 7.89. The molecule has 1 amide bonds. The zero-order chi connectivity index (χ0) is 23.5. The predicted octanol–water partition coefficient (Wildman–Crippen LogP) is 3.16. The van der Waals surface area contributed by atoms with Crippen molar-refractivity contribution in [2.75, 3.05) is 32.0 Å². The number of aromatic nitrogens is 2. The summed E-state index contributed by atoms with van der Waals surface area (Å²) in [5.74, 6) is 0.0413. The Balaban J connectivity index is 1.98. The lowest BCUT2D eigenvalue weighted by molar-refractivity contribution is 0.102. The van der Waals surface area contributed by atoms with Crippen molar-refractivity contribution >= 4 is 32.9 Å². The maximum Gasteiger partial charge on any atom is 0.258 e. The number of aryl methyl sites for hydroxylation is 1. The molecule has 172 valence electrons. The monoisotopic (exact) mass is 457 g/mol. The van der Waals surface area contributed by atoms with E-state index in [1.54, 1.807) is 19.9 Å². The van der Waals surface area contributed by atoms with E-state index in [0.29, 0.717) is 18.1 Å². The standard InChI is InChI=1S/C23H31N5O3S/c1-6-27(7-2)12-13-28-20-11-9-8-10-19(20)25-23(28)26-22(29)18-14-16(3)17(4)21(15-18)32(30,31)24-5/h8-11,14-15,24H,6-7,12-13H2,1-5H3,(H,25,26,29). The molecule has 0 atom stereocenters. The van der Waals surface area contributed by atoms with Gasteiger partial charge in [-0.15, -0.1) is 0 Å². The smallest absolute Gasteiger partial charge is 0.258 e. The van der Waals surface area contributed by atoms with Gasteiger partial charge in [-0.3, -0.25) is 10.1 Å². The minimum Gasteiger partial charge on any atom is -0.309 e. The summed E-state index contributed by atoms with van der Waals surface area (Å²) in [5.41, 5.74) is 3.34. The molecule has 0 radical (unpaired) electrons. The molecule has 0 saturated carbocycles. The Bertz CT molecular complexity index is 1230. The van der Waals surface area contributed by atoms with Crippen molar-refractivity contribution in [3.8, 4) is 0 Å². The molecule has 0 saturated heterocycles. The largest absolute Gasteiger partial charge is 0.309 e. The number of para-hydroxylation sites is 2. The molecular formula is C23H31N5O3S. The fourth-order valence-corrected chi connectivity index (χ4v) is 4.77. The minimum absolute atomic E-state index is 0.0974. The van der Waals surface area contributed by atoms with Crippen LogP contribution in [0, 0.1) is 13.8 Å². The van der Waals surface area contributed by atoms with Gasteiger partial charge in [-0.05, 0) is 69.4 Å². The summed E-state index contributed by atoms with van der Waals surface area (Å²) < 4.78 is 29.2. The van der Waals surface area contributed by atoms with E-state index in [2.05, 4.69) is 33.8 Å². The molecule has 9 heteroatoms. The van der Waals surface area contributed by atoms with Gasteiger partial charge in [0.1, 0.15) is 0 Å². The van der Waals surface area contributed by atoms with Crippen molar-refractivity contribution in [3.63, 3.8) is 0 Å². The van der Waals surface area contributed by atoms with Crippen molar-refractivity contribution in [1.82, 2.24) is 19.2 Å². The second-order valence-electron chi connectivity index (χ2n) is 7.68. The Morgan fingerprint density at radius 2 is 1.81 bits per heavy atom. The number of hydrogen-bond acceptors (Lipinski definition) is 5. The Labute approximate surface area is 189 Å². The fourth-order valence-electron chi connectivity index (χ4n) is 3.70. The third-order valence-corrected chi connectivity index (χ3v) is 7.39. The van der Waals surface area contributed by atoms with Crippen molar-refractivity contribution in [3.05, 3.63) is 53.1 Å². The van der Waals surface area contributed by atoms with Gasteiger partial charge in [-0.1, -0.05) is 26.0 Å². The van der Waals surface area contributed by atoms with E-state index in [9.17, 15) is 13.2 Å². The molecule has 32 heavy (non-hydrogen) atoms. The third kappa shape index (κ3) is 4.85. The average molecular weight is 458 g/mol. The zero-order valence-corrected chi connectivity index (χ0v) is 20.1. The van der Waals surface area contributed by atoms with Crippen molar-refractivity contribution in [2.45, 2.75) is 39.1 Å². The first-order valence-corrected chi connectivity index (χ1v) is 12.2. The highest BCUT2D eigenvalue weighted by Gasteiger charge is 2.21. The maximum absolute atomic E-state index is 13.1. The highest BCUT2D eigenvalue weighted by Crippen LogP contribution is 2.23. The van der Waals surface area contributed by atoms with Gasteiger partial charge >= 0.3 is 0 Å². The van der Waals surface area contributed by atoms with Crippen molar-refractivity contribution in [2.24, 2.45) is 0 Å². The molecule has 0 aliphatic carbocycles. The first-order valence-electron chi connectivity index (χ1n) is 10.8. The molecule has 0 fully saturated rings. The van der Waals surface area contributed by atoms with Crippen LogP contribution in [-0.4, -0.2) is 55.5 Å². The lowest BCUT2D eigenvalue weighted by Gasteiger charge is -2.19. The van der Waals surface area contributed by atoms with Gasteiger partial charge in [0, 0.05) is 18.7 Å². The van der Waals surface area contributed by atoms with Crippen LogP contribution in [0.1, 0.15) is 35.3 Å². The number of hydrogen-bond donors (Lipinski definition) is 2. The second kappa shape index (κ2) is 9.81. The molecule has 1 aromatic heterocycles. The second-order valence-corrected chi connectivity index (χ2v) is 9.54. The molecule has 0 aliphatic heterocycles. The number of anilines is 1. The molecule has 8 nitrogen and oxygen atoms in total. The number of likely N-dealkylation sites (N-methyl/N-ethyl adjacent to an activating group) is 1. The number of imidazole rings is 1. The number of rotatable bonds is 9. The number of benzene rings is 2. The first kappa shape index (κ1) is 23.9. The lowest BCUT2D eigenvalue weighted by atomic mass is 10.1. The Morgan fingerprint density at radius 1 is 1.12 bits per heavy atom. The molecule has 3 rings (SSSR count). The summed E-state index contributed by atoms with van der Waals surface area (Å²) in [7, 11) is -2.33. The van der Waals surface area contributed by atoms with Crippen molar-refractivity contribution < 1.29 is 13.2 Å². The van der Waals surface area contributed by atoms with Crippen LogP contribution in [0.2, 0.25) is 0 Å². The van der Waals surface area contributed by atoms with E-state index in [0.717, 1.165) is 36.2 Å². The molecule has 1 heterocycles. The van der Waals surface area contributed by atoms with E-state index in [1.165, 1.54) is 13.1 Å². The van der Waals surface area contributed by atoms with Gasteiger partial charge in [-0.2, -0.15) is 0 Å². The van der Waals surface area contributed by atoms with E-state index < -0.39 is 15.9 Å². The summed E-state index contributed by atoms with van der Waals surface area (Å²) in [6, 6.07) is 10.9. The molecular weight excluding hydrogens is 426 g/mol. The summed E-state index contributed by atoms with van der Waals surface area (Å²) in [6.07, 6.45) is 0. The number of nitrogens with one attached hydrogen (secondary N) is 2. The SMILES string of the molecule is CCN(CC)CCn1c(NC(=O)c2cc(C)c(C)c(S(=O)(=O)NC)c2)nc2ccccc21.